The summed E-state index contributed by atoms with van der Waals surface area (Å²) in [7, 11) is 0. The summed E-state index contributed by atoms with van der Waals surface area (Å²) in [6, 6.07) is 1.43. The zero-order valence-electron chi connectivity index (χ0n) is 10.7. The van der Waals surface area contributed by atoms with Crippen molar-refractivity contribution in [2.45, 2.75) is 18.8 Å². The van der Waals surface area contributed by atoms with E-state index in [9.17, 15) is 13.2 Å². The maximum absolute atomic E-state index is 13.9. The van der Waals surface area contributed by atoms with Gasteiger partial charge >= 0.3 is 0 Å². The number of hydrogen-bond donors (Lipinski definition) is 1. The molecule has 0 aliphatic carbocycles. The SMILES string of the molecule is Fc1cc(F)c(-n2cncc2C2CCCNC2)cc1F. The number of halogens is 3. The lowest BCUT2D eigenvalue weighted by Crippen LogP contribution is -2.29. The number of nitrogens with zero attached hydrogens (tertiary/aromatic N) is 2. The lowest BCUT2D eigenvalue weighted by molar-refractivity contribution is 0.448. The average Bonchev–Trinajstić information content (AvgIpc) is 2.93. The molecule has 1 aliphatic rings. The van der Waals surface area contributed by atoms with Crippen molar-refractivity contribution >= 4 is 0 Å². The highest BCUT2D eigenvalue weighted by molar-refractivity contribution is 5.37. The first-order valence-electron chi connectivity index (χ1n) is 6.54. The van der Waals surface area contributed by atoms with Crippen molar-refractivity contribution in [2.24, 2.45) is 0 Å². The van der Waals surface area contributed by atoms with Gasteiger partial charge in [0.2, 0.25) is 0 Å². The number of nitrogens with one attached hydrogen (secondary N) is 1. The van der Waals surface area contributed by atoms with Gasteiger partial charge in [-0.15, -0.1) is 0 Å². The summed E-state index contributed by atoms with van der Waals surface area (Å²) in [4.78, 5) is 4.02. The minimum Gasteiger partial charge on any atom is -0.316 e. The van der Waals surface area contributed by atoms with E-state index in [4.69, 9.17) is 0 Å². The molecule has 1 saturated heterocycles. The highest BCUT2D eigenvalue weighted by Gasteiger charge is 2.21. The molecule has 6 heteroatoms. The van der Waals surface area contributed by atoms with Crippen LogP contribution in [-0.2, 0) is 0 Å². The Bertz CT molecular complexity index is 618. The van der Waals surface area contributed by atoms with Gasteiger partial charge in [-0.2, -0.15) is 0 Å². The largest absolute Gasteiger partial charge is 0.316 e. The minimum atomic E-state index is -1.19. The van der Waals surface area contributed by atoms with Crippen LogP contribution in [0.1, 0.15) is 24.5 Å². The van der Waals surface area contributed by atoms with Crippen LogP contribution in [0.2, 0.25) is 0 Å². The molecule has 3 nitrogen and oxygen atoms in total. The maximum atomic E-state index is 13.9. The van der Waals surface area contributed by atoms with Gasteiger partial charge in [-0.1, -0.05) is 0 Å². The van der Waals surface area contributed by atoms with E-state index >= 15 is 0 Å². The van der Waals surface area contributed by atoms with E-state index in [0.29, 0.717) is 6.07 Å². The molecule has 1 atom stereocenters. The topological polar surface area (TPSA) is 29.9 Å². The molecule has 1 aromatic heterocycles. The Kier molecular flexibility index (Phi) is 3.48. The zero-order valence-corrected chi connectivity index (χ0v) is 10.7. The Labute approximate surface area is 114 Å². The quantitative estimate of drug-likeness (QED) is 0.858. The molecule has 106 valence electrons. The fourth-order valence-electron chi connectivity index (χ4n) is 2.61. The molecule has 0 radical (unpaired) electrons. The number of piperidine rings is 1. The molecule has 1 aromatic carbocycles. The first-order valence-corrected chi connectivity index (χ1v) is 6.54. The van der Waals surface area contributed by atoms with Crippen molar-refractivity contribution in [3.63, 3.8) is 0 Å². The van der Waals surface area contributed by atoms with Crippen molar-refractivity contribution in [3.8, 4) is 5.69 Å². The van der Waals surface area contributed by atoms with Gasteiger partial charge in [0.05, 0.1) is 12.0 Å². The first kappa shape index (κ1) is 13.2. The average molecular weight is 281 g/mol. The van der Waals surface area contributed by atoms with Gasteiger partial charge in [0, 0.05) is 36.5 Å². The van der Waals surface area contributed by atoms with Gasteiger partial charge in [-0.3, -0.25) is 4.57 Å². The number of imidazole rings is 1. The fraction of sp³-hybridized carbons (Fsp3) is 0.357. The summed E-state index contributed by atoms with van der Waals surface area (Å²) in [5, 5.41) is 3.27. The summed E-state index contributed by atoms with van der Waals surface area (Å²) in [6.45, 7) is 1.74. The van der Waals surface area contributed by atoms with Gasteiger partial charge in [0.1, 0.15) is 5.82 Å². The number of aromatic nitrogens is 2. The second-order valence-corrected chi connectivity index (χ2v) is 4.95. The van der Waals surface area contributed by atoms with Crippen molar-refractivity contribution in [1.29, 1.82) is 0 Å². The van der Waals surface area contributed by atoms with Crippen LogP contribution in [0, 0.1) is 17.5 Å². The predicted molar refractivity (Wildman–Crippen MR) is 68.3 cm³/mol. The molecule has 1 N–H and O–H groups in total. The Balaban J connectivity index is 2.03. The van der Waals surface area contributed by atoms with Gasteiger partial charge in [-0.05, 0) is 19.4 Å². The third-order valence-electron chi connectivity index (χ3n) is 3.63. The zero-order chi connectivity index (χ0) is 14.1. The van der Waals surface area contributed by atoms with Gasteiger partial charge in [-0.25, -0.2) is 18.2 Å². The van der Waals surface area contributed by atoms with Gasteiger partial charge < -0.3 is 5.32 Å². The lowest BCUT2D eigenvalue weighted by Gasteiger charge is -2.24. The van der Waals surface area contributed by atoms with E-state index in [1.54, 1.807) is 6.20 Å². The molecule has 1 aliphatic heterocycles. The highest BCUT2D eigenvalue weighted by atomic mass is 19.2. The minimum absolute atomic E-state index is 0.0121. The molecule has 0 bridgehead atoms. The predicted octanol–water partition coefficient (Wildman–Crippen LogP) is 2.76. The second kappa shape index (κ2) is 5.28. The second-order valence-electron chi connectivity index (χ2n) is 4.95. The summed E-state index contributed by atoms with van der Waals surface area (Å²) >= 11 is 0. The van der Waals surface area contributed by atoms with Crippen LogP contribution < -0.4 is 5.32 Å². The van der Waals surface area contributed by atoms with Crippen molar-refractivity contribution in [2.75, 3.05) is 13.1 Å². The van der Waals surface area contributed by atoms with Crippen LogP contribution in [0.25, 0.3) is 5.69 Å². The van der Waals surface area contributed by atoms with E-state index in [2.05, 4.69) is 10.3 Å². The molecule has 3 rings (SSSR count). The van der Waals surface area contributed by atoms with E-state index in [-0.39, 0.29) is 11.6 Å². The first-order chi connectivity index (χ1) is 9.66. The van der Waals surface area contributed by atoms with Crippen molar-refractivity contribution in [3.05, 3.63) is 47.8 Å². The maximum Gasteiger partial charge on any atom is 0.161 e. The Morgan fingerprint density at radius 1 is 1.15 bits per heavy atom. The Morgan fingerprint density at radius 2 is 1.95 bits per heavy atom. The molecular weight excluding hydrogens is 267 g/mol. The molecule has 0 saturated carbocycles. The van der Waals surface area contributed by atoms with Crippen molar-refractivity contribution < 1.29 is 13.2 Å². The third kappa shape index (κ3) is 2.31. The Morgan fingerprint density at radius 3 is 2.70 bits per heavy atom. The van der Waals surface area contributed by atoms with Gasteiger partial charge in [0.15, 0.2) is 11.6 Å². The summed E-state index contributed by atoms with van der Waals surface area (Å²) in [5.41, 5.74) is 0.795. The smallest absolute Gasteiger partial charge is 0.161 e. The number of hydrogen-bond acceptors (Lipinski definition) is 2. The normalized spacial score (nSPS) is 19.2. The summed E-state index contributed by atoms with van der Waals surface area (Å²) in [6.07, 6.45) is 5.07. The summed E-state index contributed by atoms with van der Waals surface area (Å²) < 4.78 is 41.7. The molecule has 0 amide bonds. The van der Waals surface area contributed by atoms with Crippen molar-refractivity contribution in [1.82, 2.24) is 14.9 Å². The fourth-order valence-corrected chi connectivity index (χ4v) is 2.61. The highest BCUT2D eigenvalue weighted by Crippen LogP contribution is 2.27. The van der Waals surface area contributed by atoms with Crippen LogP contribution in [0.3, 0.4) is 0 Å². The molecule has 1 unspecified atom stereocenters. The molecule has 2 heterocycles. The molecular formula is C14H14F3N3. The van der Waals surface area contributed by atoms with Crippen LogP contribution >= 0.6 is 0 Å². The molecule has 0 spiro atoms. The van der Waals surface area contributed by atoms with Crippen LogP contribution in [0.4, 0.5) is 13.2 Å². The third-order valence-corrected chi connectivity index (χ3v) is 3.63. The Hall–Kier alpha value is -1.82. The number of benzene rings is 1. The monoisotopic (exact) mass is 281 g/mol. The molecule has 20 heavy (non-hydrogen) atoms. The van der Waals surface area contributed by atoms with Crippen LogP contribution in [-0.4, -0.2) is 22.6 Å². The van der Waals surface area contributed by atoms with Gasteiger partial charge in [0.25, 0.3) is 0 Å². The molecule has 1 fully saturated rings. The molecule has 2 aromatic rings. The standard InChI is InChI=1S/C14H14F3N3/c15-10-4-12(17)13(5-11(10)16)20-8-19-7-14(20)9-2-1-3-18-6-9/h4-5,7-9,18H,1-3,6H2. The summed E-state index contributed by atoms with van der Waals surface area (Å²) in [5.74, 6) is -2.86. The van der Waals surface area contributed by atoms with Crippen LogP contribution in [0.5, 0.6) is 0 Å². The van der Waals surface area contributed by atoms with E-state index in [1.165, 1.54) is 10.9 Å². The van der Waals surface area contributed by atoms with E-state index in [1.807, 2.05) is 0 Å². The number of rotatable bonds is 2. The van der Waals surface area contributed by atoms with E-state index in [0.717, 1.165) is 37.7 Å². The van der Waals surface area contributed by atoms with E-state index < -0.39 is 17.5 Å². The lowest BCUT2D eigenvalue weighted by atomic mass is 9.96. The van der Waals surface area contributed by atoms with Crippen LogP contribution in [0.15, 0.2) is 24.7 Å².